The molecule has 0 aliphatic rings. The maximum absolute atomic E-state index is 12.6. The van der Waals surface area contributed by atoms with Crippen molar-refractivity contribution < 1.29 is 19.1 Å². The van der Waals surface area contributed by atoms with Gasteiger partial charge in [-0.3, -0.25) is 9.36 Å². The number of nitrogens with zero attached hydrogens (tertiary/aromatic N) is 2. The highest BCUT2D eigenvalue weighted by atomic mass is 16.7. The number of esters is 1. The van der Waals surface area contributed by atoms with Crippen LogP contribution in [-0.2, 0) is 20.7 Å². The fraction of sp³-hybridized carbons (Fsp3) is 0.545. The lowest BCUT2D eigenvalue weighted by molar-refractivity contribution is -0.159. The van der Waals surface area contributed by atoms with Crippen molar-refractivity contribution in [2.45, 2.75) is 41.0 Å². The predicted molar refractivity (Wildman–Crippen MR) is 110 cm³/mol. The first-order valence-electron chi connectivity index (χ1n) is 9.59. The smallest absolute Gasteiger partial charge is 0.421 e. The lowest BCUT2D eigenvalue weighted by Gasteiger charge is -2.24. The van der Waals surface area contributed by atoms with Gasteiger partial charge in [0.15, 0.2) is 0 Å². The molecule has 1 aromatic heterocycles. The second kappa shape index (κ2) is 8.78. The van der Waals surface area contributed by atoms with Crippen molar-refractivity contribution in [3.8, 4) is 0 Å². The fourth-order valence-corrected chi connectivity index (χ4v) is 2.79. The van der Waals surface area contributed by atoms with E-state index in [9.17, 15) is 9.59 Å². The van der Waals surface area contributed by atoms with E-state index in [2.05, 4.69) is 11.0 Å². The zero-order valence-electron chi connectivity index (χ0n) is 18.0. The lowest BCUT2D eigenvalue weighted by atomic mass is 9.82. The molecule has 6 nitrogen and oxygen atoms in total. The minimum Gasteiger partial charge on any atom is -0.428 e. The topological polar surface area (TPSA) is 60.8 Å². The molecule has 0 bridgehead atoms. The van der Waals surface area contributed by atoms with Crippen molar-refractivity contribution in [1.29, 1.82) is 0 Å². The minimum atomic E-state index is -0.554. The summed E-state index contributed by atoms with van der Waals surface area (Å²) in [6.07, 6.45) is 2.09. The summed E-state index contributed by atoms with van der Waals surface area (Å²) in [5, 5.41) is 1.04. The van der Waals surface area contributed by atoms with Crippen LogP contribution in [0, 0.1) is 18.3 Å². The molecule has 2 aromatic rings. The van der Waals surface area contributed by atoms with Gasteiger partial charge in [-0.05, 0) is 50.6 Å². The highest BCUT2D eigenvalue weighted by Crippen LogP contribution is 2.26. The molecular formula is C22H32N2O4. The van der Waals surface area contributed by atoms with E-state index < -0.39 is 12.9 Å². The Balaban J connectivity index is 2.11. The van der Waals surface area contributed by atoms with Crippen molar-refractivity contribution in [2.75, 3.05) is 27.4 Å². The predicted octanol–water partition coefficient (Wildman–Crippen LogP) is 4.22. The number of hydrogen-bond donors (Lipinski definition) is 0. The van der Waals surface area contributed by atoms with Crippen LogP contribution in [0.2, 0.25) is 0 Å². The number of ether oxygens (including phenoxy) is 2. The van der Waals surface area contributed by atoms with E-state index in [0.717, 1.165) is 35.0 Å². The number of aromatic nitrogens is 1. The van der Waals surface area contributed by atoms with Crippen LogP contribution in [0.3, 0.4) is 0 Å². The normalized spacial score (nSPS) is 13.0. The van der Waals surface area contributed by atoms with Gasteiger partial charge in [0.05, 0.1) is 11.4 Å². The van der Waals surface area contributed by atoms with Crippen molar-refractivity contribution in [2.24, 2.45) is 11.3 Å². The van der Waals surface area contributed by atoms with E-state index in [4.69, 9.17) is 9.47 Å². The lowest BCUT2D eigenvalue weighted by Crippen LogP contribution is -2.28. The van der Waals surface area contributed by atoms with Crippen LogP contribution in [0.25, 0.3) is 10.9 Å². The summed E-state index contributed by atoms with van der Waals surface area (Å²) in [5.74, 6) is -0.667. The largest absolute Gasteiger partial charge is 0.428 e. The first-order chi connectivity index (χ1) is 13.0. The summed E-state index contributed by atoms with van der Waals surface area (Å²) in [5.41, 5.74) is 2.80. The van der Waals surface area contributed by atoms with Gasteiger partial charge in [-0.1, -0.05) is 39.3 Å². The fourth-order valence-electron chi connectivity index (χ4n) is 2.79. The molecule has 28 heavy (non-hydrogen) atoms. The molecule has 1 aromatic carbocycles. The van der Waals surface area contributed by atoms with Gasteiger partial charge in [0.25, 0.3) is 0 Å². The van der Waals surface area contributed by atoms with E-state index in [1.165, 1.54) is 4.57 Å². The first-order valence-corrected chi connectivity index (χ1v) is 9.59. The molecule has 2 rings (SSSR count). The molecule has 154 valence electrons. The monoisotopic (exact) mass is 388 g/mol. The van der Waals surface area contributed by atoms with Gasteiger partial charge in [-0.15, -0.1) is 0 Å². The van der Waals surface area contributed by atoms with Crippen LogP contribution in [0.4, 0.5) is 4.79 Å². The first kappa shape index (κ1) is 22.0. The molecule has 1 heterocycles. The SMILES string of the molecule is Cc1ccc2c(c1)c(CCN(C)C)cn2C(=O)OCOC(=O)C(C)C(C)(C)C. The quantitative estimate of drug-likeness (QED) is 0.548. The third-order valence-corrected chi connectivity index (χ3v) is 5.10. The molecule has 0 radical (unpaired) electrons. The second-order valence-corrected chi connectivity index (χ2v) is 8.68. The molecule has 0 aliphatic carbocycles. The second-order valence-electron chi connectivity index (χ2n) is 8.68. The van der Waals surface area contributed by atoms with Crippen LogP contribution in [0.5, 0.6) is 0 Å². The molecule has 0 fully saturated rings. The van der Waals surface area contributed by atoms with Gasteiger partial charge in [0, 0.05) is 18.1 Å². The Morgan fingerprint density at radius 3 is 2.46 bits per heavy atom. The van der Waals surface area contributed by atoms with Crippen LogP contribution in [0.15, 0.2) is 24.4 Å². The summed E-state index contributed by atoms with van der Waals surface area (Å²) in [4.78, 5) is 26.8. The van der Waals surface area contributed by atoms with Crippen molar-refractivity contribution in [1.82, 2.24) is 9.47 Å². The van der Waals surface area contributed by atoms with E-state index in [0.29, 0.717) is 0 Å². The number of carbonyl (C=O) groups excluding carboxylic acids is 2. The molecule has 1 unspecified atom stereocenters. The van der Waals surface area contributed by atoms with E-state index in [1.54, 1.807) is 0 Å². The summed E-state index contributed by atoms with van der Waals surface area (Å²) in [6.45, 7) is 10.2. The standard InChI is InChI=1S/C22H32N2O4/c1-15-8-9-19-18(12-15)17(10-11-23(6)7)13-24(19)21(26)28-14-27-20(25)16(2)22(3,4)5/h8-9,12-13,16H,10-11,14H2,1-7H3. The molecule has 0 amide bonds. The number of rotatable bonds is 6. The third-order valence-electron chi connectivity index (χ3n) is 5.10. The Bertz CT molecular complexity index is 846. The Morgan fingerprint density at radius 1 is 1.18 bits per heavy atom. The van der Waals surface area contributed by atoms with Crippen LogP contribution < -0.4 is 0 Å². The van der Waals surface area contributed by atoms with Crippen LogP contribution in [0.1, 0.15) is 38.8 Å². The van der Waals surface area contributed by atoms with Crippen LogP contribution in [-0.4, -0.2) is 49.0 Å². The van der Waals surface area contributed by atoms with Crippen LogP contribution >= 0.6 is 0 Å². The molecule has 6 heteroatoms. The molecule has 0 saturated heterocycles. The third kappa shape index (κ3) is 5.35. The Labute approximate surface area is 167 Å². The Hall–Kier alpha value is -2.34. The van der Waals surface area contributed by atoms with Crippen molar-refractivity contribution in [3.05, 3.63) is 35.5 Å². The number of carbonyl (C=O) groups is 2. The van der Waals surface area contributed by atoms with Gasteiger partial charge < -0.3 is 14.4 Å². The number of fused-ring (bicyclic) bond motifs is 1. The van der Waals surface area contributed by atoms with Gasteiger partial charge in [0.1, 0.15) is 0 Å². The Morgan fingerprint density at radius 2 is 1.86 bits per heavy atom. The molecule has 0 saturated carbocycles. The molecule has 0 spiro atoms. The highest BCUT2D eigenvalue weighted by molar-refractivity contribution is 5.92. The maximum atomic E-state index is 12.6. The van der Waals surface area contributed by atoms with Gasteiger partial charge in [0.2, 0.25) is 6.79 Å². The zero-order chi connectivity index (χ0) is 21.1. The number of benzene rings is 1. The Kier molecular flexibility index (Phi) is 6.88. The number of hydrogen-bond acceptors (Lipinski definition) is 5. The zero-order valence-corrected chi connectivity index (χ0v) is 18.0. The molecule has 0 N–H and O–H groups in total. The van der Waals surface area contributed by atoms with Gasteiger partial charge in [-0.25, -0.2) is 4.79 Å². The van der Waals surface area contributed by atoms with E-state index in [-0.39, 0.29) is 17.3 Å². The van der Waals surface area contributed by atoms with Gasteiger partial charge >= 0.3 is 12.1 Å². The summed E-state index contributed by atoms with van der Waals surface area (Å²) in [6, 6.07) is 5.96. The van der Waals surface area contributed by atoms with Gasteiger partial charge in [-0.2, -0.15) is 0 Å². The minimum absolute atomic E-state index is 0.211. The summed E-state index contributed by atoms with van der Waals surface area (Å²) < 4.78 is 11.8. The maximum Gasteiger partial charge on any atom is 0.421 e. The molecule has 1 atom stereocenters. The average Bonchev–Trinajstić information content (AvgIpc) is 2.96. The summed E-state index contributed by atoms with van der Waals surface area (Å²) in [7, 11) is 4.04. The highest BCUT2D eigenvalue weighted by Gasteiger charge is 2.28. The number of likely N-dealkylation sites (N-methyl/N-ethyl adjacent to an activating group) is 1. The molecule has 0 aliphatic heterocycles. The van der Waals surface area contributed by atoms with E-state index in [1.807, 2.05) is 67.0 Å². The number of aryl methyl sites for hydroxylation is 1. The summed E-state index contributed by atoms with van der Waals surface area (Å²) >= 11 is 0. The molecular weight excluding hydrogens is 356 g/mol. The average molecular weight is 389 g/mol. The van der Waals surface area contributed by atoms with E-state index >= 15 is 0 Å². The van der Waals surface area contributed by atoms with Crippen molar-refractivity contribution in [3.63, 3.8) is 0 Å². The van der Waals surface area contributed by atoms with Crippen molar-refractivity contribution >= 4 is 23.0 Å².